The number of ether oxygens (including phenoxy) is 2. The summed E-state index contributed by atoms with van der Waals surface area (Å²) >= 11 is 0. The number of hydrogen-bond acceptors (Lipinski definition) is 4. The Hall–Kier alpha value is -1.59. The largest absolute Gasteiger partial charge is 0.480 e. The molecule has 22 heavy (non-hydrogen) atoms. The summed E-state index contributed by atoms with van der Waals surface area (Å²) in [6, 6.07) is 7.84. The van der Waals surface area contributed by atoms with Crippen molar-refractivity contribution in [1.82, 2.24) is 5.32 Å². The van der Waals surface area contributed by atoms with Crippen LogP contribution in [0.4, 0.5) is 0 Å². The lowest BCUT2D eigenvalue weighted by Gasteiger charge is -2.36. The van der Waals surface area contributed by atoms with E-state index in [0.29, 0.717) is 26.2 Å². The maximum absolute atomic E-state index is 12.4. The zero-order valence-corrected chi connectivity index (χ0v) is 12.7. The van der Waals surface area contributed by atoms with Gasteiger partial charge in [-0.05, 0) is 37.3 Å². The average Bonchev–Trinajstić information content (AvgIpc) is 2.60. The van der Waals surface area contributed by atoms with Gasteiger partial charge < -0.3 is 19.9 Å². The summed E-state index contributed by atoms with van der Waals surface area (Å²) in [5.41, 5.74) is 0.906. The van der Waals surface area contributed by atoms with E-state index in [9.17, 15) is 9.90 Å². The van der Waals surface area contributed by atoms with Crippen LogP contribution in [0.1, 0.15) is 24.8 Å². The minimum Gasteiger partial charge on any atom is -0.480 e. The SMILES string of the molecule is O=C(NCC1(CO)CCOCC1)[C@@H]1CCc2ccccc2O1. The molecule has 1 aromatic carbocycles. The lowest BCUT2D eigenvalue weighted by atomic mass is 9.81. The van der Waals surface area contributed by atoms with E-state index in [2.05, 4.69) is 5.32 Å². The van der Waals surface area contributed by atoms with E-state index in [0.717, 1.165) is 30.6 Å². The molecule has 1 saturated heterocycles. The fourth-order valence-electron chi connectivity index (χ4n) is 3.09. The first-order valence-corrected chi connectivity index (χ1v) is 7.93. The van der Waals surface area contributed by atoms with Crippen molar-refractivity contribution in [2.75, 3.05) is 26.4 Å². The number of para-hydroxylation sites is 1. The monoisotopic (exact) mass is 305 g/mol. The Morgan fingerprint density at radius 2 is 2.09 bits per heavy atom. The van der Waals surface area contributed by atoms with Crippen molar-refractivity contribution in [3.8, 4) is 5.75 Å². The number of aliphatic hydroxyl groups is 1. The molecule has 0 aliphatic carbocycles. The molecule has 3 rings (SSSR count). The number of carbonyl (C=O) groups excluding carboxylic acids is 1. The van der Waals surface area contributed by atoms with Crippen molar-refractivity contribution in [2.24, 2.45) is 5.41 Å². The Morgan fingerprint density at radius 3 is 2.86 bits per heavy atom. The van der Waals surface area contributed by atoms with Crippen molar-refractivity contribution in [3.05, 3.63) is 29.8 Å². The summed E-state index contributed by atoms with van der Waals surface area (Å²) in [4.78, 5) is 12.4. The van der Waals surface area contributed by atoms with Crippen LogP contribution in [-0.2, 0) is 16.0 Å². The third-order valence-electron chi connectivity index (χ3n) is 4.74. The average molecular weight is 305 g/mol. The summed E-state index contributed by atoms with van der Waals surface area (Å²) in [5.74, 6) is 0.714. The van der Waals surface area contributed by atoms with E-state index in [4.69, 9.17) is 9.47 Å². The summed E-state index contributed by atoms with van der Waals surface area (Å²) in [6.45, 7) is 1.84. The first-order chi connectivity index (χ1) is 10.7. The summed E-state index contributed by atoms with van der Waals surface area (Å²) in [7, 11) is 0. The summed E-state index contributed by atoms with van der Waals surface area (Å²) in [6.07, 6.45) is 2.66. The number of nitrogens with one attached hydrogen (secondary N) is 1. The fourth-order valence-corrected chi connectivity index (χ4v) is 3.09. The van der Waals surface area contributed by atoms with Gasteiger partial charge in [-0.25, -0.2) is 0 Å². The molecule has 2 N–H and O–H groups in total. The van der Waals surface area contributed by atoms with Gasteiger partial charge in [0, 0.05) is 25.2 Å². The van der Waals surface area contributed by atoms with E-state index < -0.39 is 6.10 Å². The molecular formula is C17H23NO4. The predicted octanol–water partition coefficient (Wildman–Crippen LogP) is 1.29. The van der Waals surface area contributed by atoms with Crippen LogP contribution in [0.3, 0.4) is 0 Å². The molecular weight excluding hydrogens is 282 g/mol. The van der Waals surface area contributed by atoms with E-state index in [-0.39, 0.29) is 17.9 Å². The molecule has 0 bridgehead atoms. The lowest BCUT2D eigenvalue weighted by molar-refractivity contribution is -0.130. The molecule has 1 amide bonds. The van der Waals surface area contributed by atoms with Gasteiger partial charge in [0.05, 0.1) is 6.61 Å². The maximum Gasteiger partial charge on any atom is 0.261 e. The molecule has 0 saturated carbocycles. The Labute approximate surface area is 130 Å². The number of hydrogen-bond donors (Lipinski definition) is 2. The zero-order chi connectivity index (χ0) is 15.4. The summed E-state index contributed by atoms with van der Waals surface area (Å²) < 4.78 is 11.1. The van der Waals surface area contributed by atoms with Crippen LogP contribution in [0.2, 0.25) is 0 Å². The van der Waals surface area contributed by atoms with Crippen molar-refractivity contribution in [2.45, 2.75) is 31.8 Å². The normalized spacial score (nSPS) is 23.2. The van der Waals surface area contributed by atoms with Crippen LogP contribution in [0.15, 0.2) is 24.3 Å². The third kappa shape index (κ3) is 3.25. The third-order valence-corrected chi connectivity index (χ3v) is 4.74. The molecule has 1 aromatic rings. The number of aryl methyl sites for hydroxylation is 1. The smallest absolute Gasteiger partial charge is 0.261 e. The second-order valence-electron chi connectivity index (χ2n) is 6.24. The number of carbonyl (C=O) groups is 1. The molecule has 1 atom stereocenters. The first kappa shape index (κ1) is 15.3. The van der Waals surface area contributed by atoms with E-state index in [1.54, 1.807) is 0 Å². The first-order valence-electron chi connectivity index (χ1n) is 7.93. The van der Waals surface area contributed by atoms with Gasteiger partial charge in [-0.3, -0.25) is 4.79 Å². The van der Waals surface area contributed by atoms with Gasteiger partial charge in [0.25, 0.3) is 5.91 Å². The molecule has 120 valence electrons. The molecule has 0 spiro atoms. The molecule has 0 unspecified atom stereocenters. The Morgan fingerprint density at radius 1 is 1.32 bits per heavy atom. The standard InChI is InChI=1S/C17H23NO4/c19-12-17(7-9-21-10-8-17)11-18-16(20)15-6-5-13-3-1-2-4-14(13)22-15/h1-4,15,19H,5-12H2,(H,18,20)/t15-/m0/s1. The molecule has 0 radical (unpaired) electrons. The number of rotatable bonds is 4. The van der Waals surface area contributed by atoms with Gasteiger partial charge in [-0.15, -0.1) is 0 Å². The second kappa shape index (κ2) is 6.67. The number of amides is 1. The Bertz CT molecular complexity index is 525. The minimum absolute atomic E-state index is 0.0744. The van der Waals surface area contributed by atoms with Crippen LogP contribution < -0.4 is 10.1 Å². The molecule has 5 heteroatoms. The highest BCUT2D eigenvalue weighted by Crippen LogP contribution is 2.30. The molecule has 0 aromatic heterocycles. The van der Waals surface area contributed by atoms with Crippen LogP contribution in [0, 0.1) is 5.41 Å². The van der Waals surface area contributed by atoms with Crippen LogP contribution in [0.25, 0.3) is 0 Å². The van der Waals surface area contributed by atoms with E-state index >= 15 is 0 Å². The van der Waals surface area contributed by atoms with Crippen LogP contribution >= 0.6 is 0 Å². The maximum atomic E-state index is 12.4. The minimum atomic E-state index is -0.439. The number of aliphatic hydroxyl groups excluding tert-OH is 1. The lowest BCUT2D eigenvalue weighted by Crippen LogP contribution is -2.48. The van der Waals surface area contributed by atoms with Crippen molar-refractivity contribution in [3.63, 3.8) is 0 Å². The van der Waals surface area contributed by atoms with Gasteiger partial charge >= 0.3 is 0 Å². The van der Waals surface area contributed by atoms with Gasteiger partial charge in [-0.2, -0.15) is 0 Å². The molecule has 2 heterocycles. The topological polar surface area (TPSA) is 67.8 Å². The Kier molecular flexibility index (Phi) is 4.64. The fraction of sp³-hybridized carbons (Fsp3) is 0.588. The molecule has 2 aliphatic rings. The highest BCUT2D eigenvalue weighted by molar-refractivity contribution is 5.81. The Balaban J connectivity index is 1.56. The van der Waals surface area contributed by atoms with Crippen molar-refractivity contribution >= 4 is 5.91 Å². The number of benzene rings is 1. The second-order valence-corrected chi connectivity index (χ2v) is 6.24. The predicted molar refractivity (Wildman–Crippen MR) is 81.8 cm³/mol. The molecule has 1 fully saturated rings. The molecule has 5 nitrogen and oxygen atoms in total. The van der Waals surface area contributed by atoms with Gasteiger partial charge in [0.2, 0.25) is 0 Å². The van der Waals surface area contributed by atoms with Gasteiger partial charge in [-0.1, -0.05) is 18.2 Å². The highest BCUT2D eigenvalue weighted by Gasteiger charge is 2.34. The van der Waals surface area contributed by atoms with Crippen LogP contribution in [-0.4, -0.2) is 43.5 Å². The van der Waals surface area contributed by atoms with E-state index in [1.165, 1.54) is 0 Å². The zero-order valence-electron chi connectivity index (χ0n) is 12.7. The quantitative estimate of drug-likeness (QED) is 0.879. The van der Waals surface area contributed by atoms with Crippen LogP contribution in [0.5, 0.6) is 5.75 Å². The molecule has 2 aliphatic heterocycles. The number of fused-ring (bicyclic) bond motifs is 1. The van der Waals surface area contributed by atoms with Crippen molar-refractivity contribution < 1.29 is 19.4 Å². The highest BCUT2D eigenvalue weighted by atomic mass is 16.5. The van der Waals surface area contributed by atoms with Gasteiger partial charge in [0.1, 0.15) is 5.75 Å². The van der Waals surface area contributed by atoms with Crippen molar-refractivity contribution in [1.29, 1.82) is 0 Å². The van der Waals surface area contributed by atoms with E-state index in [1.807, 2.05) is 24.3 Å². The van der Waals surface area contributed by atoms with Gasteiger partial charge in [0.15, 0.2) is 6.10 Å². The summed E-state index contributed by atoms with van der Waals surface area (Å²) in [5, 5.41) is 12.6.